The third-order valence-electron chi connectivity index (χ3n) is 2.66. The van der Waals surface area contributed by atoms with Gasteiger partial charge in [-0.25, -0.2) is 0 Å². The van der Waals surface area contributed by atoms with Crippen LogP contribution < -0.4 is 10.1 Å². The van der Waals surface area contributed by atoms with Gasteiger partial charge in [0.15, 0.2) is 5.82 Å². The number of rotatable bonds is 7. The number of hydrogen-bond donors (Lipinski definition) is 2. The Hall–Kier alpha value is -1.92. The Kier molecular flexibility index (Phi) is 5.09. The summed E-state index contributed by atoms with van der Waals surface area (Å²) in [4.78, 5) is 4.06. The maximum Gasteiger partial charge on any atom is 0.223 e. The van der Waals surface area contributed by atoms with Gasteiger partial charge in [-0.05, 0) is 24.6 Å². The molecule has 0 saturated heterocycles. The van der Waals surface area contributed by atoms with Gasteiger partial charge in [0, 0.05) is 13.5 Å². The van der Waals surface area contributed by atoms with Gasteiger partial charge in [0.1, 0.15) is 18.5 Å². The third-order valence-corrected chi connectivity index (χ3v) is 2.66. The van der Waals surface area contributed by atoms with Gasteiger partial charge in [-0.2, -0.15) is 4.98 Å². The molecule has 2 aromatic rings. The molecule has 1 unspecified atom stereocenters. The molecule has 20 heavy (non-hydrogen) atoms. The number of aliphatic hydroxyl groups excluding tert-OH is 1. The van der Waals surface area contributed by atoms with Crippen LogP contribution in [0.2, 0.25) is 0 Å². The van der Waals surface area contributed by atoms with Crippen molar-refractivity contribution >= 4 is 0 Å². The largest absolute Gasteiger partial charge is 0.491 e. The van der Waals surface area contributed by atoms with Crippen molar-refractivity contribution in [1.82, 2.24) is 15.5 Å². The number of aromatic nitrogens is 2. The summed E-state index contributed by atoms with van der Waals surface area (Å²) >= 11 is 0. The number of benzene rings is 1. The van der Waals surface area contributed by atoms with Crippen molar-refractivity contribution in [3.63, 3.8) is 0 Å². The number of aryl methyl sites for hydroxylation is 2. The van der Waals surface area contributed by atoms with E-state index < -0.39 is 6.10 Å². The number of aliphatic hydroxyl groups is 1. The van der Waals surface area contributed by atoms with Crippen LogP contribution in [0.3, 0.4) is 0 Å². The van der Waals surface area contributed by atoms with Crippen LogP contribution in [-0.4, -0.2) is 34.5 Å². The van der Waals surface area contributed by atoms with E-state index in [1.807, 2.05) is 31.2 Å². The lowest BCUT2D eigenvalue weighted by atomic mass is 10.2. The van der Waals surface area contributed by atoms with Crippen LogP contribution in [-0.2, 0) is 6.54 Å². The number of hydrogen-bond acceptors (Lipinski definition) is 6. The van der Waals surface area contributed by atoms with E-state index in [9.17, 15) is 5.11 Å². The molecular formula is C14H19N3O3. The Balaban J connectivity index is 1.66. The van der Waals surface area contributed by atoms with E-state index in [-0.39, 0.29) is 6.61 Å². The highest BCUT2D eigenvalue weighted by Crippen LogP contribution is 2.12. The van der Waals surface area contributed by atoms with Crippen molar-refractivity contribution in [3.05, 3.63) is 41.5 Å². The van der Waals surface area contributed by atoms with E-state index in [0.29, 0.717) is 24.8 Å². The van der Waals surface area contributed by atoms with Crippen LogP contribution >= 0.6 is 0 Å². The molecule has 0 aliphatic heterocycles. The summed E-state index contributed by atoms with van der Waals surface area (Å²) in [6, 6.07) is 7.73. The van der Waals surface area contributed by atoms with E-state index in [0.717, 1.165) is 11.3 Å². The Bertz CT molecular complexity index is 542. The van der Waals surface area contributed by atoms with E-state index >= 15 is 0 Å². The zero-order chi connectivity index (χ0) is 14.4. The summed E-state index contributed by atoms with van der Waals surface area (Å²) < 4.78 is 10.4. The molecule has 0 spiro atoms. The lowest BCUT2D eigenvalue weighted by molar-refractivity contribution is 0.106. The highest BCUT2D eigenvalue weighted by atomic mass is 16.5. The maximum absolute atomic E-state index is 9.81. The molecule has 108 valence electrons. The Morgan fingerprint density at radius 2 is 2.25 bits per heavy atom. The van der Waals surface area contributed by atoms with Crippen molar-refractivity contribution in [2.45, 2.75) is 26.5 Å². The molecule has 0 saturated carbocycles. The van der Waals surface area contributed by atoms with Crippen molar-refractivity contribution in [1.29, 1.82) is 0 Å². The second kappa shape index (κ2) is 7.02. The fourth-order valence-electron chi connectivity index (χ4n) is 1.72. The Morgan fingerprint density at radius 3 is 2.95 bits per heavy atom. The van der Waals surface area contributed by atoms with Crippen LogP contribution in [0.25, 0.3) is 0 Å². The van der Waals surface area contributed by atoms with Gasteiger partial charge in [-0.15, -0.1) is 0 Å². The summed E-state index contributed by atoms with van der Waals surface area (Å²) in [7, 11) is 0. The highest BCUT2D eigenvalue weighted by Gasteiger charge is 2.07. The predicted octanol–water partition coefficient (Wildman–Crippen LogP) is 1.22. The SMILES string of the molecule is Cc1cccc(OCC(O)CNCc2noc(C)n2)c1. The summed E-state index contributed by atoms with van der Waals surface area (Å²) in [5.41, 5.74) is 1.13. The third kappa shape index (κ3) is 4.64. The molecule has 1 heterocycles. The molecule has 1 atom stereocenters. The normalized spacial score (nSPS) is 12.3. The van der Waals surface area contributed by atoms with Crippen molar-refractivity contribution < 1.29 is 14.4 Å². The van der Waals surface area contributed by atoms with Crippen LogP contribution in [0.1, 0.15) is 17.3 Å². The van der Waals surface area contributed by atoms with E-state index in [4.69, 9.17) is 9.26 Å². The molecule has 0 aliphatic rings. The summed E-state index contributed by atoms with van der Waals surface area (Å²) in [6.07, 6.45) is -0.594. The molecule has 0 bridgehead atoms. The van der Waals surface area contributed by atoms with E-state index in [2.05, 4.69) is 15.5 Å². The maximum atomic E-state index is 9.81. The van der Waals surface area contributed by atoms with E-state index in [1.54, 1.807) is 6.92 Å². The van der Waals surface area contributed by atoms with Crippen LogP contribution in [0.5, 0.6) is 5.75 Å². The Morgan fingerprint density at radius 1 is 1.40 bits per heavy atom. The molecule has 0 fully saturated rings. The zero-order valence-electron chi connectivity index (χ0n) is 11.7. The molecular weight excluding hydrogens is 258 g/mol. The topological polar surface area (TPSA) is 80.4 Å². The number of nitrogens with zero attached hydrogens (tertiary/aromatic N) is 2. The predicted molar refractivity (Wildman–Crippen MR) is 73.4 cm³/mol. The zero-order valence-corrected chi connectivity index (χ0v) is 11.7. The van der Waals surface area contributed by atoms with Crippen molar-refractivity contribution in [3.8, 4) is 5.75 Å². The molecule has 0 aliphatic carbocycles. The fraction of sp³-hybridized carbons (Fsp3) is 0.429. The monoisotopic (exact) mass is 277 g/mol. The lowest BCUT2D eigenvalue weighted by Gasteiger charge is -2.12. The molecule has 6 nitrogen and oxygen atoms in total. The molecule has 0 radical (unpaired) electrons. The minimum Gasteiger partial charge on any atom is -0.491 e. The average molecular weight is 277 g/mol. The van der Waals surface area contributed by atoms with Gasteiger partial charge in [0.05, 0.1) is 6.54 Å². The average Bonchev–Trinajstić information content (AvgIpc) is 2.82. The smallest absolute Gasteiger partial charge is 0.223 e. The highest BCUT2D eigenvalue weighted by molar-refractivity contribution is 5.27. The summed E-state index contributed by atoms with van der Waals surface area (Å²) in [5.74, 6) is 1.87. The first kappa shape index (κ1) is 14.5. The van der Waals surface area contributed by atoms with Gasteiger partial charge >= 0.3 is 0 Å². The second-order valence-electron chi connectivity index (χ2n) is 4.64. The minimum absolute atomic E-state index is 0.238. The van der Waals surface area contributed by atoms with Gasteiger partial charge in [-0.3, -0.25) is 0 Å². The van der Waals surface area contributed by atoms with Gasteiger partial charge < -0.3 is 19.7 Å². The van der Waals surface area contributed by atoms with Gasteiger partial charge in [-0.1, -0.05) is 17.3 Å². The molecule has 1 aromatic carbocycles. The number of nitrogens with one attached hydrogen (secondary N) is 1. The Labute approximate surface area is 117 Å². The first-order valence-electron chi connectivity index (χ1n) is 6.51. The lowest BCUT2D eigenvalue weighted by Crippen LogP contribution is -2.31. The standard InChI is InChI=1S/C14H19N3O3/c1-10-4-3-5-13(6-10)19-9-12(18)7-15-8-14-16-11(2)20-17-14/h3-6,12,15,18H,7-9H2,1-2H3. The molecule has 1 aromatic heterocycles. The summed E-state index contributed by atoms with van der Waals surface area (Å²) in [6.45, 7) is 4.83. The van der Waals surface area contributed by atoms with Crippen LogP contribution in [0, 0.1) is 13.8 Å². The first-order valence-corrected chi connectivity index (χ1v) is 6.51. The quantitative estimate of drug-likeness (QED) is 0.792. The summed E-state index contributed by atoms with van der Waals surface area (Å²) in [5, 5.41) is 16.6. The minimum atomic E-state index is -0.594. The van der Waals surface area contributed by atoms with Gasteiger partial charge in [0.25, 0.3) is 0 Å². The van der Waals surface area contributed by atoms with Crippen LogP contribution in [0.4, 0.5) is 0 Å². The molecule has 0 amide bonds. The first-order chi connectivity index (χ1) is 9.63. The van der Waals surface area contributed by atoms with E-state index in [1.165, 1.54) is 0 Å². The van der Waals surface area contributed by atoms with Gasteiger partial charge in [0.2, 0.25) is 5.89 Å². The molecule has 2 N–H and O–H groups in total. The van der Waals surface area contributed by atoms with Crippen molar-refractivity contribution in [2.24, 2.45) is 0 Å². The number of ether oxygens (including phenoxy) is 1. The second-order valence-corrected chi connectivity index (χ2v) is 4.64. The van der Waals surface area contributed by atoms with Crippen molar-refractivity contribution in [2.75, 3.05) is 13.2 Å². The molecule has 6 heteroatoms. The molecule has 2 rings (SSSR count). The van der Waals surface area contributed by atoms with Crippen LogP contribution in [0.15, 0.2) is 28.8 Å². The fourth-order valence-corrected chi connectivity index (χ4v) is 1.72.